The third-order valence-corrected chi connectivity index (χ3v) is 8.61. The van der Waals surface area contributed by atoms with Gasteiger partial charge in [-0.3, -0.25) is 4.79 Å². The molecule has 15 heteroatoms. The van der Waals surface area contributed by atoms with E-state index in [1.54, 1.807) is 27.7 Å². The van der Waals surface area contributed by atoms with Gasteiger partial charge >= 0.3 is 6.18 Å². The van der Waals surface area contributed by atoms with Crippen molar-refractivity contribution in [2.24, 2.45) is 0 Å². The van der Waals surface area contributed by atoms with Crippen molar-refractivity contribution in [2.75, 3.05) is 26.9 Å². The van der Waals surface area contributed by atoms with E-state index in [0.29, 0.717) is 0 Å². The van der Waals surface area contributed by atoms with Gasteiger partial charge in [-0.15, -0.1) is 0 Å². The first-order valence-electron chi connectivity index (χ1n) is 13.0. The summed E-state index contributed by atoms with van der Waals surface area (Å²) < 4.78 is 74.8. The highest BCUT2D eigenvalue weighted by molar-refractivity contribution is 7.84. The fraction of sp³-hybridized carbons (Fsp3) is 0.556. The van der Waals surface area contributed by atoms with E-state index < -0.39 is 62.5 Å². The number of amides is 1. The molecule has 0 bridgehead atoms. The van der Waals surface area contributed by atoms with Crippen LogP contribution in [0.5, 0.6) is 17.2 Å². The number of alkyl halides is 3. The summed E-state index contributed by atoms with van der Waals surface area (Å²) in [5.41, 5.74) is -5.63. The van der Waals surface area contributed by atoms with Gasteiger partial charge in [0.2, 0.25) is 5.60 Å². The summed E-state index contributed by atoms with van der Waals surface area (Å²) in [5, 5.41) is 22.2. The molecule has 0 radical (unpaired) electrons. The molecule has 3 rings (SSSR count). The summed E-state index contributed by atoms with van der Waals surface area (Å²) in [6, 6.07) is 4.92. The predicted molar refractivity (Wildman–Crippen MR) is 150 cm³/mol. The summed E-state index contributed by atoms with van der Waals surface area (Å²) in [5.74, 6) is -0.614. The Kier molecular flexibility index (Phi) is 10.1. The van der Waals surface area contributed by atoms with Crippen molar-refractivity contribution in [1.29, 1.82) is 0 Å². The van der Waals surface area contributed by atoms with Crippen molar-refractivity contribution in [3.05, 3.63) is 46.2 Å². The second kappa shape index (κ2) is 12.5. The molecule has 42 heavy (non-hydrogen) atoms. The van der Waals surface area contributed by atoms with Gasteiger partial charge in [0.25, 0.3) is 5.91 Å². The monoisotopic (exact) mass is 637 g/mol. The van der Waals surface area contributed by atoms with E-state index >= 15 is 0 Å². The highest BCUT2D eigenvalue weighted by Gasteiger charge is 2.57. The molecular formula is C27H35ClF3N3O7S. The van der Waals surface area contributed by atoms with Crippen LogP contribution in [0.25, 0.3) is 0 Å². The Morgan fingerprint density at radius 1 is 1.26 bits per heavy atom. The molecule has 0 saturated carbocycles. The molecule has 2 heterocycles. The number of methoxy groups -OCH3 is 1. The van der Waals surface area contributed by atoms with Crippen LogP contribution in [-0.2, 0) is 22.1 Å². The van der Waals surface area contributed by atoms with Crippen LogP contribution < -0.4 is 24.2 Å². The van der Waals surface area contributed by atoms with Crippen LogP contribution >= 0.6 is 11.6 Å². The number of nitrogens with zero attached hydrogens (tertiary/aromatic N) is 1. The molecule has 4 N–H and O–H groups in total. The quantitative estimate of drug-likeness (QED) is 0.274. The lowest BCUT2D eigenvalue weighted by Crippen LogP contribution is -2.52. The number of hydrogen-bond acceptors (Lipinski definition) is 8. The zero-order valence-electron chi connectivity index (χ0n) is 24.0. The van der Waals surface area contributed by atoms with E-state index in [1.165, 1.54) is 32.2 Å². The molecule has 0 saturated heterocycles. The number of halogens is 4. The van der Waals surface area contributed by atoms with E-state index in [1.807, 2.05) is 0 Å². The number of nitrogens with one attached hydrogen (secondary N) is 2. The first-order chi connectivity index (χ1) is 19.4. The molecule has 234 valence electrons. The Bertz CT molecular complexity index is 1340. The molecular weight excluding hydrogens is 603 g/mol. The first-order valence-corrected chi connectivity index (χ1v) is 14.5. The minimum atomic E-state index is -5.29. The molecule has 1 unspecified atom stereocenters. The topological polar surface area (TPSA) is 139 Å². The van der Waals surface area contributed by atoms with Crippen molar-refractivity contribution in [1.82, 2.24) is 15.0 Å². The van der Waals surface area contributed by atoms with Crippen LogP contribution in [0.1, 0.15) is 62.7 Å². The van der Waals surface area contributed by atoms with Crippen LogP contribution in [0.4, 0.5) is 13.2 Å². The number of ether oxygens (including phenoxy) is 3. The molecule has 1 aromatic carbocycles. The Morgan fingerprint density at radius 3 is 2.48 bits per heavy atom. The average Bonchev–Trinajstić information content (AvgIpc) is 3.27. The average molecular weight is 638 g/mol. The van der Waals surface area contributed by atoms with Gasteiger partial charge in [-0.2, -0.15) is 13.2 Å². The Hall–Kier alpha value is -2.65. The molecule has 1 amide bonds. The second-order valence-electron chi connectivity index (χ2n) is 10.9. The van der Waals surface area contributed by atoms with E-state index in [9.17, 15) is 32.4 Å². The van der Waals surface area contributed by atoms with Gasteiger partial charge in [0.05, 0.1) is 46.7 Å². The van der Waals surface area contributed by atoms with Gasteiger partial charge in [0.15, 0.2) is 22.4 Å². The summed E-state index contributed by atoms with van der Waals surface area (Å²) in [7, 11) is -0.322. The molecule has 2 aromatic rings. The van der Waals surface area contributed by atoms with Crippen LogP contribution in [-0.4, -0.2) is 69.2 Å². The maximum Gasteiger partial charge on any atom is 0.424 e. The summed E-state index contributed by atoms with van der Waals surface area (Å²) >= 11 is 6.25. The number of fused-ring (bicyclic) bond motifs is 1. The van der Waals surface area contributed by atoms with E-state index in [2.05, 4.69) is 15.0 Å². The second-order valence-corrected chi connectivity index (χ2v) is 13.3. The maximum atomic E-state index is 14.5. The van der Waals surface area contributed by atoms with Crippen molar-refractivity contribution in [3.63, 3.8) is 0 Å². The highest BCUT2D eigenvalue weighted by Crippen LogP contribution is 2.47. The van der Waals surface area contributed by atoms with Gasteiger partial charge in [0.1, 0.15) is 13.2 Å². The minimum absolute atomic E-state index is 0.0132. The Labute approximate surface area is 249 Å². The Balaban J connectivity index is 1.96. The normalized spacial score (nSPS) is 19.7. The lowest BCUT2D eigenvalue weighted by Gasteiger charge is -2.33. The number of hydrogen-bond donors (Lipinski definition) is 4. The molecule has 4 atom stereocenters. The molecule has 1 aliphatic heterocycles. The van der Waals surface area contributed by atoms with E-state index in [0.717, 1.165) is 6.07 Å². The van der Waals surface area contributed by atoms with Gasteiger partial charge in [-0.25, -0.2) is 13.9 Å². The molecule has 0 spiro atoms. The zero-order valence-corrected chi connectivity index (χ0v) is 25.6. The molecule has 0 aliphatic carbocycles. The Morgan fingerprint density at radius 2 is 1.93 bits per heavy atom. The van der Waals surface area contributed by atoms with Gasteiger partial charge in [-0.05, 0) is 58.4 Å². The summed E-state index contributed by atoms with van der Waals surface area (Å²) in [6.45, 7) is 7.02. The number of aliphatic hydroxyl groups excluding tert-OH is 1. The summed E-state index contributed by atoms with van der Waals surface area (Å²) in [6.07, 6.45) is -5.80. The van der Waals surface area contributed by atoms with Crippen molar-refractivity contribution < 1.29 is 46.6 Å². The number of carbonyl (C=O) groups excluding carboxylic acids is 1. The van der Waals surface area contributed by atoms with Crippen LogP contribution in [0, 0.1) is 0 Å². The van der Waals surface area contributed by atoms with Gasteiger partial charge < -0.3 is 29.7 Å². The smallest absolute Gasteiger partial charge is 0.424 e. The highest BCUT2D eigenvalue weighted by atomic mass is 35.5. The number of pyridine rings is 1. The zero-order chi connectivity index (χ0) is 31.7. The van der Waals surface area contributed by atoms with Crippen LogP contribution in [0.15, 0.2) is 24.3 Å². The van der Waals surface area contributed by atoms with Crippen molar-refractivity contribution in [3.8, 4) is 17.2 Å². The van der Waals surface area contributed by atoms with Crippen LogP contribution in [0.3, 0.4) is 0 Å². The SMILES string of the molecule is CC[C@]1(NS(=O)C(C)(C)C)COc2c1cc([C@@](O)(CNC(=O)c1ccc(OC[C@@H](C)O)c(OC)c1)C(F)(F)F)nc2Cl. The number of aromatic nitrogens is 1. The first kappa shape index (κ1) is 33.8. The molecule has 10 nitrogen and oxygen atoms in total. The van der Waals surface area contributed by atoms with E-state index in [4.69, 9.17) is 25.8 Å². The van der Waals surface area contributed by atoms with Gasteiger partial charge in [-0.1, -0.05) is 18.5 Å². The lowest BCUT2D eigenvalue weighted by molar-refractivity contribution is -0.265. The van der Waals surface area contributed by atoms with Crippen molar-refractivity contribution in [2.45, 2.75) is 69.2 Å². The minimum Gasteiger partial charge on any atom is -0.493 e. The molecule has 1 aliphatic rings. The number of aliphatic hydroxyl groups is 2. The third-order valence-electron chi connectivity index (χ3n) is 6.66. The standard InChI is InChI=1S/C27H35ClF3N3O7S/c1-7-25(34-42(38)24(3,4)5)14-41-21-17(25)11-20(33-22(21)28)26(37,27(29,30)31)13-32-23(36)16-8-9-18(19(10-16)39-6)40-12-15(2)35/h8-11,15,34-35,37H,7,12-14H2,1-6H3,(H,32,36)/t15-,25+,26+,42?/m1/s1. The summed E-state index contributed by atoms with van der Waals surface area (Å²) in [4.78, 5) is 16.7. The molecule has 0 fully saturated rings. The maximum absolute atomic E-state index is 14.5. The lowest BCUT2D eigenvalue weighted by atomic mass is 9.88. The van der Waals surface area contributed by atoms with Gasteiger partial charge in [0, 0.05) is 11.1 Å². The number of rotatable bonds is 11. The molecule has 1 aromatic heterocycles. The van der Waals surface area contributed by atoms with E-state index in [-0.39, 0.29) is 48.0 Å². The predicted octanol–water partition coefficient (Wildman–Crippen LogP) is 3.73. The number of carbonyl (C=O) groups is 1. The third kappa shape index (κ3) is 6.94. The van der Waals surface area contributed by atoms with Crippen LogP contribution in [0.2, 0.25) is 5.15 Å². The number of benzene rings is 1. The fourth-order valence-corrected chi connectivity index (χ4v) is 5.27. The van der Waals surface area contributed by atoms with Crippen molar-refractivity contribution >= 4 is 28.5 Å². The fourth-order valence-electron chi connectivity index (χ4n) is 4.04. The largest absolute Gasteiger partial charge is 0.493 e.